The maximum Gasteiger partial charge on any atom is 0.389 e. The van der Waals surface area contributed by atoms with Crippen LogP contribution < -0.4 is 10.1 Å². The standard InChI is InChI=1S/C16H24F3NO/c1-12-7-5-8-13(11-20-15(2,3)4)14(12)21-10-6-9-16(17,18)19/h5,7-8,20H,6,9-11H2,1-4H3. The summed E-state index contributed by atoms with van der Waals surface area (Å²) in [5.41, 5.74) is 1.88. The minimum atomic E-state index is -4.12. The molecule has 0 heterocycles. The summed E-state index contributed by atoms with van der Waals surface area (Å²) in [6.45, 7) is 8.79. The number of ether oxygens (including phenoxy) is 1. The van der Waals surface area contributed by atoms with Crippen LogP contribution in [0.2, 0.25) is 0 Å². The highest BCUT2D eigenvalue weighted by atomic mass is 19.4. The molecule has 2 nitrogen and oxygen atoms in total. The summed E-state index contributed by atoms with van der Waals surface area (Å²) in [6, 6.07) is 5.77. The third kappa shape index (κ3) is 7.37. The average Bonchev–Trinajstić information content (AvgIpc) is 2.31. The van der Waals surface area contributed by atoms with E-state index in [4.69, 9.17) is 4.74 Å². The van der Waals surface area contributed by atoms with Gasteiger partial charge in [-0.2, -0.15) is 13.2 Å². The Labute approximate surface area is 124 Å². The predicted octanol–water partition coefficient (Wildman–Crippen LogP) is 4.60. The van der Waals surface area contributed by atoms with Crippen LogP contribution in [0.1, 0.15) is 44.7 Å². The molecule has 0 spiro atoms. The topological polar surface area (TPSA) is 21.3 Å². The molecule has 0 fully saturated rings. The zero-order valence-corrected chi connectivity index (χ0v) is 13.1. The van der Waals surface area contributed by atoms with Crippen LogP contribution in [0.15, 0.2) is 18.2 Å². The first-order valence-electron chi connectivity index (χ1n) is 7.11. The second-order valence-electron chi connectivity index (χ2n) is 6.23. The van der Waals surface area contributed by atoms with E-state index in [0.717, 1.165) is 11.1 Å². The molecule has 1 rings (SSSR count). The maximum absolute atomic E-state index is 12.1. The number of nitrogens with one attached hydrogen (secondary N) is 1. The molecule has 0 amide bonds. The van der Waals surface area contributed by atoms with Gasteiger partial charge in [0.15, 0.2) is 0 Å². The van der Waals surface area contributed by atoms with Crippen molar-refractivity contribution in [1.29, 1.82) is 0 Å². The highest BCUT2D eigenvalue weighted by Gasteiger charge is 2.26. The number of hydrogen-bond donors (Lipinski definition) is 1. The van der Waals surface area contributed by atoms with Crippen LogP contribution in [0.5, 0.6) is 5.75 Å². The van der Waals surface area contributed by atoms with E-state index in [2.05, 4.69) is 26.1 Å². The summed E-state index contributed by atoms with van der Waals surface area (Å²) >= 11 is 0. The molecule has 1 N–H and O–H groups in total. The fourth-order valence-electron chi connectivity index (χ4n) is 1.87. The van der Waals surface area contributed by atoms with Crippen LogP contribution in [0.4, 0.5) is 13.2 Å². The zero-order valence-electron chi connectivity index (χ0n) is 13.1. The van der Waals surface area contributed by atoms with Crippen molar-refractivity contribution in [3.63, 3.8) is 0 Å². The number of hydrogen-bond acceptors (Lipinski definition) is 2. The summed E-state index contributed by atoms with van der Waals surface area (Å²) in [6.07, 6.45) is -4.95. The number of rotatable bonds is 6. The Morgan fingerprint density at radius 2 is 1.81 bits per heavy atom. The second-order valence-corrected chi connectivity index (χ2v) is 6.23. The van der Waals surface area contributed by atoms with E-state index < -0.39 is 12.6 Å². The Balaban J connectivity index is 2.63. The molecule has 0 aromatic heterocycles. The van der Waals surface area contributed by atoms with Crippen LogP contribution >= 0.6 is 0 Å². The van der Waals surface area contributed by atoms with E-state index in [1.54, 1.807) is 0 Å². The molecule has 0 atom stereocenters. The molecular weight excluding hydrogens is 279 g/mol. The summed E-state index contributed by atoms with van der Waals surface area (Å²) in [7, 11) is 0. The van der Waals surface area contributed by atoms with Crippen molar-refractivity contribution >= 4 is 0 Å². The molecule has 1 aromatic carbocycles. The summed E-state index contributed by atoms with van der Waals surface area (Å²) < 4.78 is 42.0. The van der Waals surface area contributed by atoms with Gasteiger partial charge in [-0.05, 0) is 39.7 Å². The largest absolute Gasteiger partial charge is 0.493 e. The van der Waals surface area contributed by atoms with Gasteiger partial charge in [-0.1, -0.05) is 18.2 Å². The van der Waals surface area contributed by atoms with E-state index in [9.17, 15) is 13.2 Å². The van der Waals surface area contributed by atoms with Crippen LogP contribution in [0, 0.1) is 6.92 Å². The Kier molecular flexibility index (Phi) is 6.08. The van der Waals surface area contributed by atoms with Gasteiger partial charge in [0.2, 0.25) is 0 Å². The first kappa shape index (κ1) is 17.8. The minimum Gasteiger partial charge on any atom is -0.493 e. The Morgan fingerprint density at radius 3 is 2.38 bits per heavy atom. The van der Waals surface area contributed by atoms with Crippen LogP contribution in [-0.4, -0.2) is 18.3 Å². The summed E-state index contributed by atoms with van der Waals surface area (Å²) in [4.78, 5) is 0. The number of para-hydroxylation sites is 1. The first-order valence-corrected chi connectivity index (χ1v) is 7.11. The van der Waals surface area contributed by atoms with Gasteiger partial charge in [-0.3, -0.25) is 0 Å². The van der Waals surface area contributed by atoms with Crippen molar-refractivity contribution in [3.8, 4) is 5.75 Å². The lowest BCUT2D eigenvalue weighted by molar-refractivity contribution is -0.136. The fraction of sp³-hybridized carbons (Fsp3) is 0.625. The highest BCUT2D eigenvalue weighted by molar-refractivity contribution is 5.40. The normalized spacial score (nSPS) is 12.5. The van der Waals surface area contributed by atoms with Gasteiger partial charge < -0.3 is 10.1 Å². The molecule has 0 aliphatic rings. The van der Waals surface area contributed by atoms with Crippen molar-refractivity contribution in [2.75, 3.05) is 6.61 Å². The summed E-state index contributed by atoms with van der Waals surface area (Å²) in [5.74, 6) is 0.691. The van der Waals surface area contributed by atoms with Gasteiger partial charge in [-0.15, -0.1) is 0 Å². The third-order valence-corrected chi connectivity index (χ3v) is 2.95. The highest BCUT2D eigenvalue weighted by Crippen LogP contribution is 2.26. The maximum atomic E-state index is 12.1. The van der Waals surface area contributed by atoms with Gasteiger partial charge in [0, 0.05) is 24.1 Å². The lowest BCUT2D eigenvalue weighted by Crippen LogP contribution is -2.35. The van der Waals surface area contributed by atoms with E-state index in [0.29, 0.717) is 12.3 Å². The van der Waals surface area contributed by atoms with Crippen molar-refractivity contribution in [1.82, 2.24) is 5.32 Å². The molecule has 0 unspecified atom stereocenters. The van der Waals surface area contributed by atoms with Crippen LogP contribution in [-0.2, 0) is 6.54 Å². The van der Waals surface area contributed by atoms with Gasteiger partial charge in [0.05, 0.1) is 6.61 Å². The number of halogens is 3. The van der Waals surface area contributed by atoms with Gasteiger partial charge in [0.1, 0.15) is 5.75 Å². The molecule has 0 aliphatic carbocycles. The van der Waals surface area contributed by atoms with Crippen LogP contribution in [0.25, 0.3) is 0 Å². The third-order valence-electron chi connectivity index (χ3n) is 2.95. The molecule has 0 radical (unpaired) electrons. The van der Waals surface area contributed by atoms with Crippen molar-refractivity contribution in [3.05, 3.63) is 29.3 Å². The Bertz CT molecular complexity index is 450. The van der Waals surface area contributed by atoms with Crippen molar-refractivity contribution in [2.45, 2.75) is 58.8 Å². The van der Waals surface area contributed by atoms with Gasteiger partial charge in [0.25, 0.3) is 0 Å². The molecule has 21 heavy (non-hydrogen) atoms. The predicted molar refractivity (Wildman–Crippen MR) is 78.6 cm³/mol. The van der Waals surface area contributed by atoms with E-state index in [-0.39, 0.29) is 18.6 Å². The lowest BCUT2D eigenvalue weighted by Gasteiger charge is -2.22. The molecule has 0 saturated heterocycles. The zero-order chi connectivity index (χ0) is 16.1. The molecule has 0 saturated carbocycles. The van der Waals surface area contributed by atoms with Gasteiger partial charge >= 0.3 is 6.18 Å². The van der Waals surface area contributed by atoms with E-state index >= 15 is 0 Å². The molecule has 5 heteroatoms. The Hall–Kier alpha value is -1.23. The minimum absolute atomic E-state index is 0.0238. The smallest absolute Gasteiger partial charge is 0.389 e. The first-order chi connectivity index (χ1) is 9.58. The van der Waals surface area contributed by atoms with Gasteiger partial charge in [-0.25, -0.2) is 0 Å². The quantitative estimate of drug-likeness (QED) is 0.775. The average molecular weight is 303 g/mol. The number of alkyl halides is 3. The second kappa shape index (κ2) is 7.16. The molecular formula is C16H24F3NO. The lowest BCUT2D eigenvalue weighted by atomic mass is 10.1. The molecule has 1 aromatic rings. The number of aryl methyl sites for hydroxylation is 1. The monoisotopic (exact) mass is 303 g/mol. The molecule has 0 bridgehead atoms. The number of benzene rings is 1. The van der Waals surface area contributed by atoms with Crippen LogP contribution in [0.3, 0.4) is 0 Å². The summed E-state index contributed by atoms with van der Waals surface area (Å²) in [5, 5.41) is 3.36. The van der Waals surface area contributed by atoms with E-state index in [1.807, 2.05) is 25.1 Å². The van der Waals surface area contributed by atoms with Crippen molar-refractivity contribution in [2.24, 2.45) is 0 Å². The molecule has 120 valence electrons. The van der Waals surface area contributed by atoms with Crippen molar-refractivity contribution < 1.29 is 17.9 Å². The van der Waals surface area contributed by atoms with E-state index in [1.165, 1.54) is 0 Å². The fourth-order valence-corrected chi connectivity index (χ4v) is 1.87. The Morgan fingerprint density at radius 1 is 1.14 bits per heavy atom. The SMILES string of the molecule is Cc1cccc(CNC(C)(C)C)c1OCCCC(F)(F)F. The molecule has 0 aliphatic heterocycles.